The maximum absolute atomic E-state index is 6.22. The Morgan fingerprint density at radius 2 is 0.917 bits per heavy atom. The van der Waals surface area contributed by atoms with E-state index in [1.807, 2.05) is 24.3 Å². The van der Waals surface area contributed by atoms with E-state index in [0.29, 0.717) is 0 Å². The molecule has 0 N–H and O–H groups in total. The molecule has 1 aliphatic rings. The summed E-state index contributed by atoms with van der Waals surface area (Å²) in [6.07, 6.45) is 0. The number of aliphatic imine (C=N–C) groups is 1. The zero-order chi connectivity index (χ0) is 24.8. The SMILES string of the molecule is Cc1cc(C)cc(N=C2c3cccc(-c4ccc(Cl)cc4)c3-c3c2cccc3-c2ccc(Cl)cc2)c1. The highest BCUT2D eigenvalue weighted by molar-refractivity contribution is 6.31. The van der Waals surface area contributed by atoms with Gasteiger partial charge in [0.2, 0.25) is 0 Å². The fourth-order valence-electron chi connectivity index (χ4n) is 5.19. The van der Waals surface area contributed by atoms with E-state index in [9.17, 15) is 0 Å². The number of hydrogen-bond donors (Lipinski definition) is 0. The van der Waals surface area contributed by atoms with E-state index in [1.165, 1.54) is 22.3 Å². The van der Waals surface area contributed by atoms with Crippen LogP contribution in [0, 0.1) is 13.8 Å². The Hall–Kier alpha value is -3.65. The first-order valence-electron chi connectivity index (χ1n) is 11.9. The van der Waals surface area contributed by atoms with Gasteiger partial charge in [0.1, 0.15) is 0 Å². The maximum atomic E-state index is 6.22. The summed E-state index contributed by atoms with van der Waals surface area (Å²) in [6.45, 7) is 4.23. The molecule has 174 valence electrons. The fourth-order valence-corrected chi connectivity index (χ4v) is 5.44. The van der Waals surface area contributed by atoms with E-state index in [2.05, 4.69) is 92.7 Å². The van der Waals surface area contributed by atoms with Crippen LogP contribution in [0.2, 0.25) is 10.0 Å². The number of halogens is 2. The molecule has 0 saturated heterocycles. The molecule has 0 atom stereocenters. The van der Waals surface area contributed by atoms with Gasteiger partial charge in [0.25, 0.3) is 0 Å². The van der Waals surface area contributed by atoms with Crippen LogP contribution in [0.1, 0.15) is 22.3 Å². The van der Waals surface area contributed by atoms with Crippen LogP contribution < -0.4 is 0 Å². The summed E-state index contributed by atoms with van der Waals surface area (Å²) in [5.41, 5.74) is 13.6. The first kappa shape index (κ1) is 22.8. The standard InChI is InChI=1S/C33H23Cl2N/c1-20-17-21(2)19-26(18-20)36-33-29-7-3-5-27(22-9-13-24(34)14-10-22)31(29)32-28(6-4-8-30(32)33)23-11-15-25(35)16-12-23/h3-19H,1-2H3. The van der Waals surface area contributed by atoms with Crippen molar-refractivity contribution < 1.29 is 0 Å². The summed E-state index contributed by atoms with van der Waals surface area (Å²) in [6, 6.07) is 35.6. The minimum absolute atomic E-state index is 0.727. The van der Waals surface area contributed by atoms with E-state index in [-0.39, 0.29) is 0 Å². The Morgan fingerprint density at radius 3 is 1.36 bits per heavy atom. The molecule has 0 radical (unpaired) electrons. The van der Waals surface area contributed by atoms with Crippen molar-refractivity contribution in [3.63, 3.8) is 0 Å². The Bertz CT molecular complexity index is 1530. The topological polar surface area (TPSA) is 12.4 Å². The van der Waals surface area contributed by atoms with Gasteiger partial charge in [0.05, 0.1) is 11.4 Å². The van der Waals surface area contributed by atoms with Gasteiger partial charge in [-0.2, -0.15) is 0 Å². The van der Waals surface area contributed by atoms with Gasteiger partial charge in [-0.15, -0.1) is 0 Å². The van der Waals surface area contributed by atoms with Crippen LogP contribution in [0.3, 0.4) is 0 Å². The Labute approximate surface area is 221 Å². The molecule has 36 heavy (non-hydrogen) atoms. The third-order valence-corrected chi connectivity index (χ3v) is 7.15. The minimum Gasteiger partial charge on any atom is -0.248 e. The molecule has 6 rings (SSSR count). The Kier molecular flexibility index (Phi) is 5.76. The van der Waals surface area contributed by atoms with Gasteiger partial charge in [-0.05, 0) is 83.6 Å². The molecule has 0 aliphatic heterocycles. The van der Waals surface area contributed by atoms with E-state index in [1.54, 1.807) is 0 Å². The molecular formula is C33H23Cl2N. The maximum Gasteiger partial charge on any atom is 0.0794 e. The van der Waals surface area contributed by atoms with E-state index >= 15 is 0 Å². The van der Waals surface area contributed by atoms with Crippen molar-refractivity contribution in [2.24, 2.45) is 4.99 Å². The third kappa shape index (κ3) is 4.05. The van der Waals surface area contributed by atoms with E-state index < -0.39 is 0 Å². The predicted octanol–water partition coefficient (Wildman–Crippen LogP) is 10.1. The molecule has 1 aliphatic carbocycles. The number of hydrogen-bond acceptors (Lipinski definition) is 1. The molecule has 0 heterocycles. The lowest BCUT2D eigenvalue weighted by atomic mass is 9.89. The quantitative estimate of drug-likeness (QED) is 0.227. The van der Waals surface area contributed by atoms with Gasteiger partial charge in [0.15, 0.2) is 0 Å². The summed E-state index contributed by atoms with van der Waals surface area (Å²) in [5, 5.41) is 1.45. The summed E-state index contributed by atoms with van der Waals surface area (Å²) >= 11 is 12.4. The molecule has 0 fully saturated rings. The highest BCUT2D eigenvalue weighted by Gasteiger charge is 2.30. The van der Waals surface area contributed by atoms with Crippen molar-refractivity contribution in [2.45, 2.75) is 13.8 Å². The molecule has 5 aromatic carbocycles. The monoisotopic (exact) mass is 503 g/mol. The van der Waals surface area contributed by atoms with Crippen LogP contribution in [-0.2, 0) is 0 Å². The number of fused-ring (bicyclic) bond motifs is 3. The lowest BCUT2D eigenvalue weighted by Crippen LogP contribution is -1.98. The second-order valence-electron chi connectivity index (χ2n) is 9.28. The van der Waals surface area contributed by atoms with E-state index in [4.69, 9.17) is 28.2 Å². The van der Waals surface area contributed by atoms with Gasteiger partial charge in [-0.3, -0.25) is 0 Å². The van der Waals surface area contributed by atoms with Crippen LogP contribution in [-0.4, -0.2) is 5.71 Å². The van der Waals surface area contributed by atoms with Crippen molar-refractivity contribution in [3.8, 4) is 33.4 Å². The largest absolute Gasteiger partial charge is 0.248 e. The third-order valence-electron chi connectivity index (χ3n) is 6.65. The predicted molar refractivity (Wildman–Crippen MR) is 154 cm³/mol. The van der Waals surface area contributed by atoms with Crippen molar-refractivity contribution in [1.29, 1.82) is 0 Å². The van der Waals surface area contributed by atoms with Gasteiger partial charge in [0, 0.05) is 32.3 Å². The molecule has 0 amide bonds. The molecule has 0 saturated carbocycles. The lowest BCUT2D eigenvalue weighted by Gasteiger charge is -2.14. The average Bonchev–Trinajstić information content (AvgIpc) is 3.18. The normalized spacial score (nSPS) is 11.8. The van der Waals surface area contributed by atoms with Crippen molar-refractivity contribution in [1.82, 2.24) is 0 Å². The van der Waals surface area contributed by atoms with Gasteiger partial charge < -0.3 is 0 Å². The van der Waals surface area contributed by atoms with Crippen LogP contribution in [0.25, 0.3) is 33.4 Å². The molecule has 5 aromatic rings. The Morgan fingerprint density at radius 1 is 0.500 bits per heavy atom. The van der Waals surface area contributed by atoms with Crippen LogP contribution in [0.5, 0.6) is 0 Å². The summed E-state index contributed by atoms with van der Waals surface area (Å²) in [4.78, 5) is 5.23. The van der Waals surface area contributed by atoms with Crippen molar-refractivity contribution in [3.05, 3.63) is 135 Å². The first-order chi connectivity index (χ1) is 17.5. The number of rotatable bonds is 3. The number of aryl methyl sites for hydroxylation is 2. The Balaban J connectivity index is 1.67. The molecule has 3 heteroatoms. The second-order valence-corrected chi connectivity index (χ2v) is 10.1. The van der Waals surface area contributed by atoms with Crippen LogP contribution in [0.4, 0.5) is 5.69 Å². The van der Waals surface area contributed by atoms with Gasteiger partial charge >= 0.3 is 0 Å². The molecular weight excluding hydrogens is 481 g/mol. The highest BCUT2D eigenvalue weighted by Crippen LogP contribution is 2.48. The highest BCUT2D eigenvalue weighted by atomic mass is 35.5. The number of nitrogens with zero attached hydrogens (tertiary/aromatic N) is 1. The molecule has 0 bridgehead atoms. The first-order valence-corrected chi connectivity index (χ1v) is 12.7. The van der Waals surface area contributed by atoms with Gasteiger partial charge in [-0.25, -0.2) is 4.99 Å². The zero-order valence-corrected chi connectivity index (χ0v) is 21.5. The summed E-state index contributed by atoms with van der Waals surface area (Å²) in [7, 11) is 0. The van der Waals surface area contributed by atoms with Crippen LogP contribution >= 0.6 is 23.2 Å². The number of benzene rings is 5. The summed E-state index contributed by atoms with van der Waals surface area (Å²) < 4.78 is 0. The van der Waals surface area contributed by atoms with Crippen molar-refractivity contribution in [2.75, 3.05) is 0 Å². The molecule has 0 unspecified atom stereocenters. The average molecular weight is 504 g/mol. The molecule has 1 nitrogen and oxygen atoms in total. The minimum atomic E-state index is 0.727. The molecule has 0 spiro atoms. The smallest absolute Gasteiger partial charge is 0.0794 e. The van der Waals surface area contributed by atoms with Crippen LogP contribution in [0.15, 0.2) is 108 Å². The zero-order valence-electron chi connectivity index (χ0n) is 20.0. The van der Waals surface area contributed by atoms with Crippen molar-refractivity contribution >= 4 is 34.6 Å². The molecule has 0 aromatic heterocycles. The fraction of sp³-hybridized carbons (Fsp3) is 0.0606. The van der Waals surface area contributed by atoms with Gasteiger partial charge in [-0.1, -0.05) is 89.9 Å². The second kappa shape index (κ2) is 9.09. The van der Waals surface area contributed by atoms with E-state index in [0.717, 1.165) is 54.8 Å². The summed E-state index contributed by atoms with van der Waals surface area (Å²) in [5.74, 6) is 0. The lowest BCUT2D eigenvalue weighted by molar-refractivity contribution is 1.36.